The van der Waals surface area contributed by atoms with E-state index in [0.717, 1.165) is 13.8 Å². The number of primary amides is 1. The molecule has 1 aliphatic rings. The third-order valence-corrected chi connectivity index (χ3v) is 8.28. The Morgan fingerprint density at radius 3 is 2.08 bits per heavy atom. The summed E-state index contributed by atoms with van der Waals surface area (Å²) in [6.07, 6.45) is -10.9. The van der Waals surface area contributed by atoms with Gasteiger partial charge in [-0.15, -0.1) is 0 Å². The Kier molecular flexibility index (Phi) is 12.7. The van der Waals surface area contributed by atoms with Crippen molar-refractivity contribution in [3.05, 3.63) is 71.8 Å². The second-order valence-electron chi connectivity index (χ2n) is 11.5. The van der Waals surface area contributed by atoms with E-state index in [1.165, 1.54) is 0 Å². The van der Waals surface area contributed by atoms with Gasteiger partial charge in [-0.05, 0) is 30.9 Å². The van der Waals surface area contributed by atoms with Crippen LogP contribution in [0.3, 0.4) is 0 Å². The number of carboxylic acid groups (broad SMARTS) is 1. The molecule has 1 saturated heterocycles. The number of carbonyl (C=O) groups excluding carboxylic acids is 4. The van der Waals surface area contributed by atoms with Crippen LogP contribution < -0.4 is 17.2 Å². The van der Waals surface area contributed by atoms with E-state index in [9.17, 15) is 39.3 Å². The van der Waals surface area contributed by atoms with Crippen LogP contribution in [0.15, 0.2) is 60.7 Å². The maximum absolute atomic E-state index is 13.8. The van der Waals surface area contributed by atoms with Gasteiger partial charge in [0.25, 0.3) is 0 Å². The molecule has 0 saturated carbocycles. The van der Waals surface area contributed by atoms with E-state index in [1.54, 1.807) is 60.7 Å². The van der Waals surface area contributed by atoms with Gasteiger partial charge in [-0.2, -0.15) is 0 Å². The molecule has 3 amide bonds. The molecule has 0 aromatic heterocycles. The Bertz CT molecular complexity index is 1410. The van der Waals surface area contributed by atoms with Crippen LogP contribution >= 0.6 is 0 Å². The maximum atomic E-state index is 13.8. The summed E-state index contributed by atoms with van der Waals surface area (Å²) in [7, 11) is 0. The highest BCUT2D eigenvalue weighted by Crippen LogP contribution is 2.38. The summed E-state index contributed by atoms with van der Waals surface area (Å²) in [5.74, 6) is -5.88. The summed E-state index contributed by atoms with van der Waals surface area (Å²) in [6.45, 7) is 0.870. The smallest absolute Gasteiger partial charge is 0.332 e. The zero-order valence-corrected chi connectivity index (χ0v) is 26.7. The molecule has 1 aliphatic heterocycles. The summed E-state index contributed by atoms with van der Waals surface area (Å²) in [5.41, 5.74) is 17.1. The van der Waals surface area contributed by atoms with Gasteiger partial charge in [0, 0.05) is 14.7 Å². The number of aliphatic carboxylic acids is 1. The van der Waals surface area contributed by atoms with E-state index < -0.39 is 103 Å². The van der Waals surface area contributed by atoms with Crippen molar-refractivity contribution >= 4 is 29.7 Å². The van der Waals surface area contributed by atoms with Crippen molar-refractivity contribution in [1.82, 2.24) is 4.90 Å². The quantitative estimate of drug-likeness (QED) is 0.133. The van der Waals surface area contributed by atoms with E-state index in [0.29, 0.717) is 16.0 Å². The molecule has 48 heavy (non-hydrogen) atoms. The first kappa shape index (κ1) is 36.6. The zero-order chi connectivity index (χ0) is 36.5. The highest BCUT2D eigenvalue weighted by Gasteiger charge is 2.61. The summed E-state index contributed by atoms with van der Waals surface area (Å²) in [6, 6.07) is 14.4. The number of benzene rings is 2. The van der Waals surface area contributed by atoms with E-state index in [4.69, 9.17) is 32.8 Å². The minimum absolute atomic E-state index is 0.229. The topological polar surface area (TPSA) is 255 Å². The van der Waals surface area contributed by atoms with Crippen molar-refractivity contribution in [2.45, 2.75) is 94.3 Å². The van der Waals surface area contributed by atoms with Crippen molar-refractivity contribution in [1.29, 1.82) is 0 Å². The average molecular weight is 674 g/mol. The number of aliphatic hydroxyl groups excluding tert-OH is 2. The van der Waals surface area contributed by atoms with E-state index >= 15 is 0 Å². The van der Waals surface area contributed by atoms with Crippen LogP contribution in [0.25, 0.3) is 0 Å². The molecule has 15 heteroatoms. The number of carbonyl (C=O) groups is 5. The number of amides is 3. The molecule has 0 radical (unpaired) electrons. The molecule has 262 valence electrons. The highest BCUT2D eigenvalue weighted by molar-refractivity contribution is 6.04. The minimum Gasteiger partial charge on any atom is -0.479 e. The lowest BCUT2D eigenvalue weighted by atomic mass is 9.76. The van der Waals surface area contributed by atoms with Crippen molar-refractivity contribution in [2.75, 3.05) is 6.61 Å². The van der Waals surface area contributed by atoms with Gasteiger partial charge in [0.2, 0.25) is 17.7 Å². The molecule has 1 heterocycles. The van der Waals surface area contributed by atoms with Gasteiger partial charge in [0.15, 0.2) is 17.7 Å². The molecular weight excluding hydrogens is 628 g/mol. The molecule has 2 aromatic rings. The van der Waals surface area contributed by atoms with Gasteiger partial charge in [-0.1, -0.05) is 67.6 Å². The van der Waals surface area contributed by atoms with Crippen molar-refractivity contribution in [3.63, 3.8) is 0 Å². The second-order valence-corrected chi connectivity index (χ2v) is 11.5. The number of ether oxygens (including phenoxy) is 3. The van der Waals surface area contributed by atoms with Crippen LogP contribution in [-0.2, 0) is 38.2 Å². The summed E-state index contributed by atoms with van der Waals surface area (Å²) in [4.78, 5) is 66.6. The second kappa shape index (κ2) is 16.7. The maximum Gasteiger partial charge on any atom is 0.332 e. The number of carboxylic acids is 1. The standard InChI is InChI=1S/C33H44N4O11/c1-4-22(34)30(42)37(19(3)39)33(32(36)45,29-25(35)28(46-18(2)31(43)44)26(41)23(17-38)47-29)16-15-24(40)48-27(20-11-7-5-8-12-20)21-13-9-6-10-14-21/h5-14,18,22-23,25-29,38,41H,4,15-17,34-35H2,1-3H3,(H2,36,45)(H,43,44)/t18-,22+,23-,25-,26-,28-,29?,33-/m1/s1/i1D. The molecule has 0 aliphatic carbocycles. The Labute approximate surface area is 279 Å². The zero-order valence-electron chi connectivity index (χ0n) is 27.7. The first-order valence-corrected chi connectivity index (χ1v) is 15.3. The van der Waals surface area contributed by atoms with Crippen LogP contribution in [0.4, 0.5) is 0 Å². The fourth-order valence-corrected chi connectivity index (χ4v) is 5.76. The van der Waals surface area contributed by atoms with Gasteiger partial charge < -0.3 is 46.7 Å². The molecule has 2 aromatic carbocycles. The number of nitrogens with zero attached hydrogens (tertiary/aromatic N) is 1. The van der Waals surface area contributed by atoms with Crippen LogP contribution in [0.5, 0.6) is 0 Å². The number of esters is 1. The van der Waals surface area contributed by atoms with Gasteiger partial charge in [-0.25, -0.2) is 4.79 Å². The third kappa shape index (κ3) is 8.24. The van der Waals surface area contributed by atoms with Gasteiger partial charge in [-0.3, -0.25) is 24.1 Å². The number of nitrogens with two attached hydrogens (primary N) is 3. The first-order valence-electron chi connectivity index (χ1n) is 16.0. The van der Waals surface area contributed by atoms with Crippen molar-refractivity contribution in [2.24, 2.45) is 17.2 Å². The van der Waals surface area contributed by atoms with Gasteiger partial charge >= 0.3 is 11.9 Å². The Balaban J connectivity index is 2.14. The van der Waals surface area contributed by atoms with Crippen LogP contribution in [0.2, 0.25) is 0 Å². The number of hydrogen-bond donors (Lipinski definition) is 6. The van der Waals surface area contributed by atoms with Crippen molar-refractivity contribution in [3.8, 4) is 0 Å². The van der Waals surface area contributed by atoms with Gasteiger partial charge in [0.05, 0.1) is 18.7 Å². The molecular formula is C33H44N4O11. The summed E-state index contributed by atoms with van der Waals surface area (Å²) >= 11 is 0. The highest BCUT2D eigenvalue weighted by atomic mass is 16.6. The molecule has 9 N–H and O–H groups in total. The van der Waals surface area contributed by atoms with E-state index in [2.05, 4.69) is 0 Å². The number of rotatable bonds is 15. The van der Waals surface area contributed by atoms with Crippen LogP contribution in [-0.4, -0.2) is 105 Å². The number of imide groups is 1. The van der Waals surface area contributed by atoms with Crippen molar-refractivity contribution < 1.29 is 54.9 Å². The minimum atomic E-state index is -2.63. The SMILES string of the molecule is [2H]CC[C@H](N)C(=O)N(C(C)=O)[C@@](CCC(=O)OC(c1ccccc1)c1ccccc1)(C(N)=O)C1O[C@H](CO)[C@@H](O)[C@H](O[C@H](C)C(=O)O)[C@H]1N. The predicted molar refractivity (Wildman–Crippen MR) is 169 cm³/mol. The molecule has 3 rings (SSSR count). The molecule has 0 bridgehead atoms. The largest absolute Gasteiger partial charge is 0.479 e. The normalized spacial score (nSPS) is 23.6. The van der Waals surface area contributed by atoms with Crippen LogP contribution in [0, 0.1) is 0 Å². The summed E-state index contributed by atoms with van der Waals surface area (Å²) < 4.78 is 24.9. The number of hydrogen-bond acceptors (Lipinski definition) is 12. The molecule has 1 fully saturated rings. The number of aliphatic hydroxyl groups is 2. The van der Waals surface area contributed by atoms with Gasteiger partial charge in [0.1, 0.15) is 24.4 Å². The molecule has 1 unspecified atom stereocenters. The fourth-order valence-electron chi connectivity index (χ4n) is 5.76. The Hall–Kier alpha value is -4.25. The van der Waals surface area contributed by atoms with Crippen LogP contribution in [0.1, 0.15) is 58.6 Å². The third-order valence-electron chi connectivity index (χ3n) is 8.28. The fraction of sp³-hybridized carbons (Fsp3) is 0.485. The molecule has 8 atom stereocenters. The van der Waals surface area contributed by atoms with E-state index in [1.807, 2.05) is 0 Å². The first-order chi connectivity index (χ1) is 23.2. The lowest BCUT2D eigenvalue weighted by molar-refractivity contribution is -0.237. The monoisotopic (exact) mass is 673 g/mol. The lowest BCUT2D eigenvalue weighted by Gasteiger charge is -2.52. The summed E-state index contributed by atoms with van der Waals surface area (Å²) in [5, 5.41) is 30.5. The average Bonchev–Trinajstić information content (AvgIpc) is 3.07. The Morgan fingerprint density at radius 1 is 1.06 bits per heavy atom. The lowest BCUT2D eigenvalue weighted by Crippen LogP contribution is -2.77. The van der Waals surface area contributed by atoms with E-state index in [-0.39, 0.29) is 13.3 Å². The molecule has 0 spiro atoms. The predicted octanol–water partition coefficient (Wildman–Crippen LogP) is -0.258. The molecule has 15 nitrogen and oxygen atoms in total. The Morgan fingerprint density at radius 2 is 1.62 bits per heavy atom.